The van der Waals surface area contributed by atoms with Gasteiger partial charge < -0.3 is 9.64 Å². The van der Waals surface area contributed by atoms with Crippen molar-refractivity contribution in [3.63, 3.8) is 0 Å². The average Bonchev–Trinajstić information content (AvgIpc) is 2.46. The Morgan fingerprint density at radius 2 is 2.28 bits per heavy atom. The molecule has 0 aromatic heterocycles. The van der Waals surface area contributed by atoms with Crippen LogP contribution in [0.1, 0.15) is 23.2 Å². The minimum absolute atomic E-state index is 0.0458. The fourth-order valence-electron chi connectivity index (χ4n) is 2.33. The molecule has 1 aromatic carbocycles. The van der Waals surface area contributed by atoms with Gasteiger partial charge in [0.15, 0.2) is 0 Å². The molecule has 0 spiro atoms. The Hall–Kier alpha value is -2.02. The number of ether oxygens (including phenoxy) is 1. The van der Waals surface area contributed by atoms with Gasteiger partial charge in [0.05, 0.1) is 30.3 Å². The summed E-state index contributed by atoms with van der Waals surface area (Å²) in [5.74, 6) is -0.283. The van der Waals surface area contributed by atoms with Crippen molar-refractivity contribution in [2.75, 3.05) is 25.1 Å². The fraction of sp³-hybridized carbons (Fsp3) is 0.429. The Morgan fingerprint density at radius 1 is 1.50 bits per heavy atom. The van der Waals surface area contributed by atoms with Crippen LogP contribution in [0.3, 0.4) is 0 Å². The fourth-order valence-corrected chi connectivity index (χ4v) is 2.33. The Kier molecular flexibility index (Phi) is 3.83. The lowest BCUT2D eigenvalue weighted by atomic mass is 9.98. The van der Waals surface area contributed by atoms with E-state index < -0.39 is 0 Å². The first-order chi connectivity index (χ1) is 8.76. The smallest absolute Gasteiger partial charge is 0.339 e. The third-order valence-electron chi connectivity index (χ3n) is 3.25. The maximum atomic E-state index is 11.7. The second-order valence-corrected chi connectivity index (χ2v) is 4.42. The SMILES string of the molecule is COC(=O)c1ccccc1N1CCCC(C#N)C1. The van der Waals surface area contributed by atoms with Crippen LogP contribution in [0.15, 0.2) is 24.3 Å². The topological polar surface area (TPSA) is 53.3 Å². The molecule has 94 valence electrons. The van der Waals surface area contributed by atoms with Gasteiger partial charge in [-0.15, -0.1) is 0 Å². The Bertz CT molecular complexity index is 479. The Morgan fingerprint density at radius 3 is 3.00 bits per heavy atom. The molecule has 1 aromatic rings. The summed E-state index contributed by atoms with van der Waals surface area (Å²) in [4.78, 5) is 13.8. The van der Waals surface area contributed by atoms with E-state index in [9.17, 15) is 4.79 Å². The van der Waals surface area contributed by atoms with Gasteiger partial charge in [-0.1, -0.05) is 12.1 Å². The van der Waals surface area contributed by atoms with Crippen molar-refractivity contribution in [1.29, 1.82) is 5.26 Å². The maximum Gasteiger partial charge on any atom is 0.339 e. The Labute approximate surface area is 107 Å². The van der Waals surface area contributed by atoms with Crippen molar-refractivity contribution < 1.29 is 9.53 Å². The number of benzene rings is 1. The standard InChI is InChI=1S/C14H16N2O2/c1-18-14(17)12-6-2-3-7-13(12)16-8-4-5-11(9-15)10-16/h2-3,6-7,11H,4-5,8,10H2,1H3. The molecule has 1 aliphatic rings. The molecule has 1 unspecified atom stereocenters. The number of anilines is 1. The summed E-state index contributed by atoms with van der Waals surface area (Å²) in [6, 6.07) is 9.70. The van der Waals surface area contributed by atoms with Gasteiger partial charge in [0.25, 0.3) is 0 Å². The minimum Gasteiger partial charge on any atom is -0.465 e. The van der Waals surface area contributed by atoms with Crippen molar-refractivity contribution in [3.8, 4) is 6.07 Å². The van der Waals surface area contributed by atoms with E-state index in [0.717, 1.165) is 25.1 Å². The van der Waals surface area contributed by atoms with Crippen molar-refractivity contribution >= 4 is 11.7 Å². The molecule has 0 radical (unpaired) electrons. The van der Waals surface area contributed by atoms with E-state index >= 15 is 0 Å². The summed E-state index contributed by atoms with van der Waals surface area (Å²) < 4.78 is 4.79. The maximum absolute atomic E-state index is 11.7. The predicted molar refractivity (Wildman–Crippen MR) is 68.3 cm³/mol. The minimum atomic E-state index is -0.329. The molecule has 0 amide bonds. The van der Waals surface area contributed by atoms with Crippen molar-refractivity contribution in [3.05, 3.63) is 29.8 Å². The normalized spacial score (nSPS) is 19.1. The third kappa shape index (κ3) is 2.45. The van der Waals surface area contributed by atoms with Crippen LogP contribution in [-0.4, -0.2) is 26.2 Å². The van der Waals surface area contributed by atoms with Crippen LogP contribution in [0.5, 0.6) is 0 Å². The quantitative estimate of drug-likeness (QED) is 0.748. The molecule has 18 heavy (non-hydrogen) atoms. The molecule has 1 atom stereocenters. The van der Waals surface area contributed by atoms with Gasteiger partial charge in [0.1, 0.15) is 0 Å². The highest BCUT2D eigenvalue weighted by atomic mass is 16.5. The third-order valence-corrected chi connectivity index (χ3v) is 3.25. The summed E-state index contributed by atoms with van der Waals surface area (Å²) >= 11 is 0. The lowest BCUT2D eigenvalue weighted by molar-refractivity contribution is 0.0601. The number of methoxy groups -OCH3 is 1. The summed E-state index contributed by atoms with van der Waals surface area (Å²) in [6.45, 7) is 1.57. The van der Waals surface area contributed by atoms with Gasteiger partial charge in [-0.2, -0.15) is 5.26 Å². The first kappa shape index (κ1) is 12.4. The molecule has 1 aliphatic heterocycles. The number of esters is 1. The van der Waals surface area contributed by atoms with Crippen LogP contribution in [0.4, 0.5) is 5.69 Å². The van der Waals surface area contributed by atoms with E-state index in [0.29, 0.717) is 12.1 Å². The van der Waals surface area contributed by atoms with Crippen LogP contribution in [-0.2, 0) is 4.74 Å². The summed E-state index contributed by atoms with van der Waals surface area (Å²) in [5.41, 5.74) is 1.43. The molecular weight excluding hydrogens is 228 g/mol. The second kappa shape index (κ2) is 5.54. The summed E-state index contributed by atoms with van der Waals surface area (Å²) in [6.07, 6.45) is 1.92. The number of hydrogen-bond donors (Lipinski definition) is 0. The van der Waals surface area contributed by atoms with E-state index in [4.69, 9.17) is 10.00 Å². The molecule has 1 fully saturated rings. The van der Waals surface area contributed by atoms with E-state index in [1.165, 1.54) is 7.11 Å². The number of hydrogen-bond acceptors (Lipinski definition) is 4. The van der Waals surface area contributed by atoms with Gasteiger partial charge in [0.2, 0.25) is 0 Å². The highest BCUT2D eigenvalue weighted by Gasteiger charge is 2.23. The van der Waals surface area contributed by atoms with Crippen LogP contribution in [0, 0.1) is 17.2 Å². The number of carbonyl (C=O) groups excluding carboxylic acids is 1. The number of para-hydroxylation sites is 1. The highest BCUT2D eigenvalue weighted by Crippen LogP contribution is 2.26. The van der Waals surface area contributed by atoms with Gasteiger partial charge in [0, 0.05) is 13.1 Å². The highest BCUT2D eigenvalue weighted by molar-refractivity contribution is 5.95. The first-order valence-corrected chi connectivity index (χ1v) is 6.08. The molecular formula is C14H16N2O2. The van der Waals surface area contributed by atoms with E-state index in [2.05, 4.69) is 11.0 Å². The van der Waals surface area contributed by atoms with E-state index in [1.807, 2.05) is 18.2 Å². The molecule has 0 N–H and O–H groups in total. The number of piperidine rings is 1. The molecule has 1 heterocycles. The molecule has 4 heteroatoms. The molecule has 0 saturated carbocycles. The molecule has 2 rings (SSSR count). The summed E-state index contributed by atoms with van der Waals surface area (Å²) in [5, 5.41) is 9.01. The zero-order chi connectivity index (χ0) is 13.0. The van der Waals surface area contributed by atoms with Gasteiger partial charge in [-0.3, -0.25) is 0 Å². The van der Waals surface area contributed by atoms with Gasteiger partial charge >= 0.3 is 5.97 Å². The average molecular weight is 244 g/mol. The van der Waals surface area contributed by atoms with Crippen molar-refractivity contribution in [2.24, 2.45) is 5.92 Å². The van der Waals surface area contributed by atoms with Crippen LogP contribution in [0.2, 0.25) is 0 Å². The number of carbonyl (C=O) groups is 1. The zero-order valence-electron chi connectivity index (χ0n) is 10.4. The predicted octanol–water partition coefficient (Wildman–Crippen LogP) is 2.21. The Balaban J connectivity index is 2.27. The number of nitrogens with zero attached hydrogens (tertiary/aromatic N) is 2. The van der Waals surface area contributed by atoms with Crippen molar-refractivity contribution in [2.45, 2.75) is 12.8 Å². The van der Waals surface area contributed by atoms with Crippen LogP contribution < -0.4 is 4.90 Å². The van der Waals surface area contributed by atoms with E-state index in [1.54, 1.807) is 6.07 Å². The molecule has 0 bridgehead atoms. The van der Waals surface area contributed by atoms with Crippen LogP contribution in [0.25, 0.3) is 0 Å². The molecule has 0 aliphatic carbocycles. The largest absolute Gasteiger partial charge is 0.465 e. The first-order valence-electron chi connectivity index (χ1n) is 6.08. The second-order valence-electron chi connectivity index (χ2n) is 4.42. The van der Waals surface area contributed by atoms with Crippen LogP contribution >= 0.6 is 0 Å². The van der Waals surface area contributed by atoms with E-state index in [-0.39, 0.29) is 11.9 Å². The molecule has 1 saturated heterocycles. The van der Waals surface area contributed by atoms with Crippen molar-refractivity contribution in [1.82, 2.24) is 0 Å². The van der Waals surface area contributed by atoms with Gasteiger partial charge in [-0.25, -0.2) is 4.79 Å². The van der Waals surface area contributed by atoms with Gasteiger partial charge in [-0.05, 0) is 25.0 Å². The monoisotopic (exact) mass is 244 g/mol. The zero-order valence-corrected chi connectivity index (χ0v) is 10.4. The number of nitriles is 1. The molecule has 4 nitrogen and oxygen atoms in total. The lowest BCUT2D eigenvalue weighted by Gasteiger charge is -2.32. The summed E-state index contributed by atoms with van der Waals surface area (Å²) in [7, 11) is 1.38. The number of rotatable bonds is 2. The lowest BCUT2D eigenvalue weighted by Crippen LogP contribution is -2.35.